The number of halogens is 2. The number of nitrogens with zero attached hydrogens (tertiary/aromatic N) is 1. The number of hydrogen-bond donors (Lipinski definition) is 1. The van der Waals surface area contributed by atoms with Crippen LogP contribution in [0.5, 0.6) is 0 Å². The third-order valence-electron chi connectivity index (χ3n) is 3.78. The molecule has 0 aromatic heterocycles. The number of carbonyl (C=O) groups is 1. The quantitative estimate of drug-likeness (QED) is 0.525. The van der Waals surface area contributed by atoms with Crippen LogP contribution in [0.2, 0.25) is 10.0 Å². The minimum atomic E-state index is -3.55. The van der Waals surface area contributed by atoms with Crippen LogP contribution in [0.15, 0.2) is 52.4 Å². The summed E-state index contributed by atoms with van der Waals surface area (Å²) in [6, 6.07) is 11.1. The second-order valence-corrected chi connectivity index (χ2v) is 8.20. The fourth-order valence-corrected chi connectivity index (χ4v) is 4.24. The molecule has 0 unspecified atom stereocenters. The van der Waals surface area contributed by atoms with Crippen molar-refractivity contribution >= 4 is 45.0 Å². The van der Waals surface area contributed by atoms with E-state index in [1.165, 1.54) is 18.2 Å². The number of nitrogens with one attached hydrogen (secondary N) is 1. The third kappa shape index (κ3) is 4.82. The van der Waals surface area contributed by atoms with E-state index in [0.29, 0.717) is 16.4 Å². The molecule has 0 amide bonds. The van der Waals surface area contributed by atoms with Crippen molar-refractivity contribution < 1.29 is 22.7 Å². The maximum absolute atomic E-state index is 12.0. The topological polar surface area (TPSA) is 94.1 Å². The number of amidine groups is 1. The summed E-state index contributed by atoms with van der Waals surface area (Å²) < 4.78 is 36.8. The molecule has 1 aliphatic rings. The first-order chi connectivity index (χ1) is 13.4. The monoisotopic (exact) mass is 442 g/mol. The summed E-state index contributed by atoms with van der Waals surface area (Å²) in [5.41, 5.74) is 0.765. The van der Waals surface area contributed by atoms with Crippen LogP contribution in [0, 0.1) is 0 Å². The van der Waals surface area contributed by atoms with Gasteiger partial charge in [-0.1, -0.05) is 35.3 Å². The fraction of sp³-hybridized carbons (Fsp3) is 0.222. The number of sulfonamides is 1. The molecule has 0 bridgehead atoms. The number of benzene rings is 2. The Morgan fingerprint density at radius 3 is 2.64 bits per heavy atom. The SMILES string of the molecule is O=C(OCCOCCN=C1NS(=O)(=O)c2ccccc21)c1ccc(Cl)cc1Cl. The standard InChI is InChI=1S/C18H16Cl2N2O5S/c19-12-5-6-13(15(20)11-12)18(23)27-10-9-26-8-7-21-17-14-3-1-2-4-16(14)28(24,25)22-17/h1-6,11H,7-10H2,(H,21,22). The van der Waals surface area contributed by atoms with Crippen molar-refractivity contribution in [2.24, 2.45) is 4.99 Å². The van der Waals surface area contributed by atoms with Crippen molar-refractivity contribution in [1.29, 1.82) is 0 Å². The van der Waals surface area contributed by atoms with Crippen LogP contribution in [0.4, 0.5) is 0 Å². The molecule has 148 valence electrons. The lowest BCUT2D eigenvalue weighted by Gasteiger charge is -2.07. The Morgan fingerprint density at radius 2 is 1.86 bits per heavy atom. The van der Waals surface area contributed by atoms with Gasteiger partial charge in [0.2, 0.25) is 0 Å². The van der Waals surface area contributed by atoms with Gasteiger partial charge < -0.3 is 9.47 Å². The first-order valence-electron chi connectivity index (χ1n) is 8.25. The van der Waals surface area contributed by atoms with Gasteiger partial charge >= 0.3 is 5.97 Å². The van der Waals surface area contributed by atoms with Gasteiger partial charge in [-0.05, 0) is 30.3 Å². The molecule has 0 radical (unpaired) electrons. The zero-order valence-electron chi connectivity index (χ0n) is 14.5. The molecule has 10 heteroatoms. The fourth-order valence-electron chi connectivity index (χ4n) is 2.50. The Bertz CT molecular complexity index is 1020. The Labute approximate surface area is 172 Å². The Morgan fingerprint density at radius 1 is 1.07 bits per heavy atom. The van der Waals surface area contributed by atoms with Crippen molar-refractivity contribution in [2.75, 3.05) is 26.4 Å². The molecule has 1 heterocycles. The molecule has 0 saturated heterocycles. The van der Waals surface area contributed by atoms with E-state index in [9.17, 15) is 13.2 Å². The highest BCUT2D eigenvalue weighted by atomic mass is 35.5. The Hall–Kier alpha value is -2.13. The molecule has 7 nitrogen and oxygen atoms in total. The highest BCUT2D eigenvalue weighted by Gasteiger charge is 2.29. The van der Waals surface area contributed by atoms with Crippen LogP contribution in [0.3, 0.4) is 0 Å². The van der Waals surface area contributed by atoms with Gasteiger partial charge in [0.05, 0.1) is 35.2 Å². The average Bonchev–Trinajstić information content (AvgIpc) is 2.91. The molecule has 0 aliphatic carbocycles. The Balaban J connectivity index is 1.41. The highest BCUT2D eigenvalue weighted by molar-refractivity contribution is 7.90. The van der Waals surface area contributed by atoms with Crippen molar-refractivity contribution in [1.82, 2.24) is 4.72 Å². The molecule has 3 rings (SSSR count). The van der Waals surface area contributed by atoms with Gasteiger partial charge in [0, 0.05) is 10.6 Å². The van der Waals surface area contributed by atoms with E-state index < -0.39 is 16.0 Å². The zero-order valence-corrected chi connectivity index (χ0v) is 16.9. The largest absolute Gasteiger partial charge is 0.460 e. The summed E-state index contributed by atoms with van der Waals surface area (Å²) in [6.07, 6.45) is 0. The van der Waals surface area contributed by atoms with E-state index in [1.807, 2.05) is 0 Å². The first kappa shape index (κ1) is 20.6. The van der Waals surface area contributed by atoms with E-state index >= 15 is 0 Å². The van der Waals surface area contributed by atoms with Gasteiger partial charge in [-0.25, -0.2) is 13.2 Å². The van der Waals surface area contributed by atoms with Crippen LogP contribution in [-0.2, 0) is 19.5 Å². The van der Waals surface area contributed by atoms with Crippen molar-refractivity contribution in [3.63, 3.8) is 0 Å². The lowest BCUT2D eigenvalue weighted by molar-refractivity contribution is 0.0329. The molecule has 0 spiro atoms. The number of esters is 1. The summed E-state index contributed by atoms with van der Waals surface area (Å²) in [5.74, 6) is -0.273. The Kier molecular flexibility index (Phi) is 6.56. The second-order valence-electron chi connectivity index (χ2n) is 5.70. The maximum atomic E-state index is 12.0. The molecule has 0 atom stereocenters. The van der Waals surface area contributed by atoms with Gasteiger partial charge in [0.25, 0.3) is 10.0 Å². The average molecular weight is 443 g/mol. The van der Waals surface area contributed by atoms with Crippen molar-refractivity contribution in [2.45, 2.75) is 4.90 Å². The van der Waals surface area contributed by atoms with Crippen LogP contribution < -0.4 is 4.72 Å². The predicted molar refractivity (Wildman–Crippen MR) is 106 cm³/mol. The van der Waals surface area contributed by atoms with Gasteiger partial charge in [0.1, 0.15) is 12.4 Å². The molecular weight excluding hydrogens is 427 g/mol. The number of fused-ring (bicyclic) bond motifs is 1. The predicted octanol–water partition coefficient (Wildman–Crippen LogP) is 2.91. The van der Waals surface area contributed by atoms with Gasteiger partial charge in [0.15, 0.2) is 0 Å². The number of hydrogen-bond acceptors (Lipinski definition) is 6. The van der Waals surface area contributed by atoms with E-state index in [-0.39, 0.29) is 41.8 Å². The number of ether oxygens (including phenoxy) is 2. The van der Waals surface area contributed by atoms with E-state index in [4.69, 9.17) is 32.7 Å². The van der Waals surface area contributed by atoms with Gasteiger partial charge in [-0.3, -0.25) is 9.71 Å². The number of carbonyl (C=O) groups excluding carboxylic acids is 1. The number of aliphatic imine (C=N–C) groups is 1. The molecule has 2 aromatic carbocycles. The lowest BCUT2D eigenvalue weighted by atomic mass is 10.2. The molecule has 2 aromatic rings. The van der Waals surface area contributed by atoms with Crippen molar-refractivity contribution in [3.8, 4) is 0 Å². The van der Waals surface area contributed by atoms with Gasteiger partial charge in [-0.2, -0.15) is 0 Å². The summed E-state index contributed by atoms with van der Waals surface area (Å²) >= 11 is 11.7. The van der Waals surface area contributed by atoms with Crippen molar-refractivity contribution in [3.05, 3.63) is 63.6 Å². The summed E-state index contributed by atoms with van der Waals surface area (Å²) in [7, 11) is -3.55. The molecular formula is C18H16Cl2N2O5S. The summed E-state index contributed by atoms with van der Waals surface area (Å²) in [6.45, 7) is 0.712. The van der Waals surface area contributed by atoms with E-state index in [0.717, 1.165) is 0 Å². The highest BCUT2D eigenvalue weighted by Crippen LogP contribution is 2.22. The van der Waals surface area contributed by atoms with Crippen LogP contribution in [0.1, 0.15) is 15.9 Å². The first-order valence-corrected chi connectivity index (χ1v) is 10.5. The molecule has 1 N–H and O–H groups in total. The van der Waals surface area contributed by atoms with Crippen LogP contribution in [0.25, 0.3) is 0 Å². The maximum Gasteiger partial charge on any atom is 0.339 e. The van der Waals surface area contributed by atoms with E-state index in [1.54, 1.807) is 24.3 Å². The summed E-state index contributed by atoms with van der Waals surface area (Å²) in [4.78, 5) is 16.4. The number of rotatable bonds is 7. The summed E-state index contributed by atoms with van der Waals surface area (Å²) in [5, 5.41) is 0.646. The lowest BCUT2D eigenvalue weighted by Crippen LogP contribution is -2.22. The molecule has 28 heavy (non-hydrogen) atoms. The second kappa shape index (κ2) is 8.91. The zero-order chi connectivity index (χ0) is 20.1. The third-order valence-corrected chi connectivity index (χ3v) is 5.73. The smallest absolute Gasteiger partial charge is 0.339 e. The normalized spacial score (nSPS) is 15.9. The van der Waals surface area contributed by atoms with E-state index in [2.05, 4.69) is 9.71 Å². The van der Waals surface area contributed by atoms with Crippen LogP contribution in [-0.4, -0.2) is 46.6 Å². The molecule has 0 saturated carbocycles. The molecule has 1 aliphatic heterocycles. The molecule has 0 fully saturated rings. The minimum absolute atomic E-state index is 0.0455. The minimum Gasteiger partial charge on any atom is -0.460 e. The van der Waals surface area contributed by atoms with Crippen LogP contribution >= 0.6 is 23.2 Å². The van der Waals surface area contributed by atoms with Gasteiger partial charge in [-0.15, -0.1) is 0 Å².